The first kappa shape index (κ1) is 19.9. The van der Waals surface area contributed by atoms with Crippen molar-refractivity contribution in [3.63, 3.8) is 0 Å². The first-order chi connectivity index (χ1) is 13.7. The van der Waals surface area contributed by atoms with E-state index in [1.54, 1.807) is 12.1 Å². The van der Waals surface area contributed by atoms with E-state index < -0.39 is 10.0 Å². The molecule has 1 saturated carbocycles. The highest BCUT2D eigenvalue weighted by atomic mass is 32.2. The van der Waals surface area contributed by atoms with E-state index in [1.165, 1.54) is 22.4 Å². The van der Waals surface area contributed by atoms with E-state index in [-0.39, 0.29) is 10.3 Å². The predicted molar refractivity (Wildman–Crippen MR) is 115 cm³/mol. The van der Waals surface area contributed by atoms with Crippen LogP contribution < -0.4 is 5.14 Å². The van der Waals surface area contributed by atoms with Crippen molar-refractivity contribution in [2.24, 2.45) is 23.5 Å². The minimum absolute atomic E-state index is 0.165. The van der Waals surface area contributed by atoms with Gasteiger partial charge in [0.25, 0.3) is 0 Å². The SMILES string of the molecule is Cn1ncc(-c2ccccc2)c1CCC1C(c2ccc(S(N)(=O)=O)cc2)C1(C)C. The lowest BCUT2D eigenvalue weighted by Crippen LogP contribution is -2.11. The van der Waals surface area contributed by atoms with Crippen LogP contribution in [0.2, 0.25) is 0 Å². The van der Waals surface area contributed by atoms with Gasteiger partial charge in [-0.3, -0.25) is 4.68 Å². The Morgan fingerprint density at radius 1 is 1.07 bits per heavy atom. The third kappa shape index (κ3) is 3.74. The molecule has 2 N–H and O–H groups in total. The van der Waals surface area contributed by atoms with Crippen molar-refractivity contribution >= 4 is 10.0 Å². The molecule has 4 rings (SSSR count). The molecule has 152 valence electrons. The second-order valence-electron chi connectivity index (χ2n) is 8.55. The van der Waals surface area contributed by atoms with Gasteiger partial charge in [0.1, 0.15) is 0 Å². The lowest BCUT2D eigenvalue weighted by molar-refractivity contribution is 0.523. The Labute approximate surface area is 172 Å². The van der Waals surface area contributed by atoms with Crippen molar-refractivity contribution in [1.29, 1.82) is 0 Å². The molecule has 1 aromatic heterocycles. The Balaban J connectivity index is 1.51. The smallest absolute Gasteiger partial charge is 0.238 e. The highest BCUT2D eigenvalue weighted by Crippen LogP contribution is 2.66. The fourth-order valence-electron chi connectivity index (χ4n) is 4.72. The molecule has 0 aliphatic heterocycles. The molecule has 6 heteroatoms. The summed E-state index contributed by atoms with van der Waals surface area (Å²) < 4.78 is 25.0. The van der Waals surface area contributed by atoms with Crippen LogP contribution in [-0.2, 0) is 23.5 Å². The summed E-state index contributed by atoms with van der Waals surface area (Å²) in [6.45, 7) is 4.58. The van der Waals surface area contributed by atoms with Crippen LogP contribution in [0.3, 0.4) is 0 Å². The molecule has 1 fully saturated rings. The molecular formula is C23H27N3O2S. The van der Waals surface area contributed by atoms with Crippen LogP contribution in [0.4, 0.5) is 0 Å². The Morgan fingerprint density at radius 2 is 1.72 bits per heavy atom. The first-order valence-electron chi connectivity index (χ1n) is 9.88. The van der Waals surface area contributed by atoms with Gasteiger partial charge in [-0.1, -0.05) is 56.3 Å². The van der Waals surface area contributed by atoms with E-state index in [4.69, 9.17) is 5.14 Å². The number of benzene rings is 2. The maximum absolute atomic E-state index is 11.5. The number of aryl methyl sites for hydroxylation is 1. The summed E-state index contributed by atoms with van der Waals surface area (Å²) in [7, 11) is -1.65. The van der Waals surface area contributed by atoms with Crippen LogP contribution in [0.25, 0.3) is 11.1 Å². The molecule has 0 radical (unpaired) electrons. The van der Waals surface area contributed by atoms with Crippen LogP contribution in [0, 0.1) is 11.3 Å². The molecule has 3 aromatic rings. The van der Waals surface area contributed by atoms with Crippen molar-refractivity contribution in [3.8, 4) is 11.1 Å². The van der Waals surface area contributed by atoms with E-state index >= 15 is 0 Å². The second kappa shape index (κ2) is 7.11. The zero-order chi connectivity index (χ0) is 20.8. The van der Waals surface area contributed by atoms with E-state index in [0.717, 1.165) is 12.8 Å². The third-order valence-corrected chi connectivity index (χ3v) is 7.39. The van der Waals surface area contributed by atoms with E-state index in [2.05, 4.69) is 43.2 Å². The highest BCUT2D eigenvalue weighted by Gasteiger charge is 2.57. The van der Waals surface area contributed by atoms with Crippen LogP contribution in [0.1, 0.15) is 37.4 Å². The molecule has 1 aliphatic carbocycles. The number of aromatic nitrogens is 2. The molecule has 29 heavy (non-hydrogen) atoms. The van der Waals surface area contributed by atoms with Gasteiger partial charge in [0.2, 0.25) is 10.0 Å². The van der Waals surface area contributed by atoms with E-state index in [1.807, 2.05) is 36.1 Å². The number of hydrogen-bond donors (Lipinski definition) is 1. The molecule has 2 unspecified atom stereocenters. The maximum Gasteiger partial charge on any atom is 0.238 e. The van der Waals surface area contributed by atoms with Crippen LogP contribution in [0.15, 0.2) is 65.7 Å². The standard InChI is InChI=1S/C23H27N3O2S/c1-23(2)20(22(23)17-9-11-18(12-10-17)29(24,27)28)13-14-21-19(15-25-26(21)3)16-7-5-4-6-8-16/h4-12,15,20,22H,13-14H2,1-3H3,(H2,24,27,28). The monoisotopic (exact) mass is 409 g/mol. The lowest BCUT2D eigenvalue weighted by Gasteiger charge is -2.07. The van der Waals surface area contributed by atoms with E-state index in [0.29, 0.717) is 11.8 Å². The summed E-state index contributed by atoms with van der Waals surface area (Å²) in [5, 5.41) is 9.71. The van der Waals surface area contributed by atoms with Gasteiger partial charge in [-0.05, 0) is 53.4 Å². The van der Waals surface area contributed by atoms with Crippen molar-refractivity contribution in [3.05, 3.63) is 72.1 Å². The summed E-state index contributed by atoms with van der Waals surface area (Å²) in [5.41, 5.74) is 5.01. The Hall–Kier alpha value is -2.44. The zero-order valence-corrected chi connectivity index (χ0v) is 17.9. The first-order valence-corrected chi connectivity index (χ1v) is 11.4. The number of nitrogens with zero attached hydrogens (tertiary/aromatic N) is 2. The molecule has 0 saturated heterocycles. The number of sulfonamides is 1. The van der Waals surface area contributed by atoms with Crippen LogP contribution in [-0.4, -0.2) is 18.2 Å². The summed E-state index contributed by atoms with van der Waals surface area (Å²) in [6, 6.07) is 17.4. The molecule has 0 bridgehead atoms. The second-order valence-corrected chi connectivity index (χ2v) is 10.1. The van der Waals surface area contributed by atoms with Crippen molar-refractivity contribution in [2.45, 2.75) is 37.5 Å². The lowest BCUT2D eigenvalue weighted by atomic mass is 10.0. The van der Waals surface area contributed by atoms with Crippen LogP contribution in [0.5, 0.6) is 0 Å². The molecule has 2 aromatic carbocycles. The van der Waals surface area contributed by atoms with Gasteiger partial charge in [-0.15, -0.1) is 0 Å². The van der Waals surface area contributed by atoms with Crippen molar-refractivity contribution < 1.29 is 8.42 Å². The third-order valence-electron chi connectivity index (χ3n) is 6.46. The summed E-state index contributed by atoms with van der Waals surface area (Å²) in [5.74, 6) is 0.965. The summed E-state index contributed by atoms with van der Waals surface area (Å²) in [6.07, 6.45) is 3.97. The molecule has 5 nitrogen and oxygen atoms in total. The number of nitrogens with two attached hydrogens (primary N) is 1. The molecule has 1 aliphatic rings. The largest absolute Gasteiger partial charge is 0.272 e. The minimum atomic E-state index is -3.65. The average Bonchev–Trinajstić information content (AvgIpc) is 3.03. The average molecular weight is 410 g/mol. The Bertz CT molecular complexity index is 1120. The van der Waals surface area contributed by atoms with Gasteiger partial charge in [0.15, 0.2) is 0 Å². The van der Waals surface area contributed by atoms with Gasteiger partial charge in [-0.2, -0.15) is 5.10 Å². The number of primary sulfonamides is 1. The van der Waals surface area contributed by atoms with Gasteiger partial charge < -0.3 is 0 Å². The molecular weight excluding hydrogens is 382 g/mol. The maximum atomic E-state index is 11.5. The summed E-state index contributed by atoms with van der Waals surface area (Å²) in [4.78, 5) is 0.165. The van der Waals surface area contributed by atoms with Gasteiger partial charge >= 0.3 is 0 Å². The fourth-order valence-corrected chi connectivity index (χ4v) is 5.24. The molecule has 0 spiro atoms. The molecule has 2 atom stereocenters. The topological polar surface area (TPSA) is 78.0 Å². The van der Waals surface area contributed by atoms with Crippen LogP contribution >= 0.6 is 0 Å². The molecule has 1 heterocycles. The van der Waals surface area contributed by atoms with Gasteiger partial charge in [-0.25, -0.2) is 13.6 Å². The Kier molecular flexibility index (Phi) is 4.87. The number of hydrogen-bond acceptors (Lipinski definition) is 3. The van der Waals surface area contributed by atoms with Gasteiger partial charge in [0, 0.05) is 18.3 Å². The summed E-state index contributed by atoms with van der Waals surface area (Å²) >= 11 is 0. The number of rotatable bonds is 6. The Morgan fingerprint density at radius 3 is 2.34 bits per heavy atom. The fraction of sp³-hybridized carbons (Fsp3) is 0.348. The normalized spacial score (nSPS) is 20.6. The van der Waals surface area contributed by atoms with Crippen molar-refractivity contribution in [2.75, 3.05) is 0 Å². The highest BCUT2D eigenvalue weighted by molar-refractivity contribution is 7.89. The van der Waals surface area contributed by atoms with Crippen molar-refractivity contribution in [1.82, 2.24) is 9.78 Å². The quantitative estimate of drug-likeness (QED) is 0.665. The van der Waals surface area contributed by atoms with Gasteiger partial charge in [0.05, 0.1) is 11.1 Å². The predicted octanol–water partition coefficient (Wildman–Crippen LogP) is 4.11. The van der Waals surface area contributed by atoms with E-state index in [9.17, 15) is 8.42 Å². The molecule has 0 amide bonds. The zero-order valence-electron chi connectivity index (χ0n) is 17.0. The minimum Gasteiger partial charge on any atom is -0.272 e.